The molecule has 2 aliphatic carbocycles. The van der Waals surface area contributed by atoms with Crippen molar-refractivity contribution in [1.29, 1.82) is 0 Å². The molecule has 0 fully saturated rings. The summed E-state index contributed by atoms with van der Waals surface area (Å²) in [6.07, 6.45) is 13.6. The molecule has 0 radical (unpaired) electrons. The number of amidine groups is 1. The van der Waals surface area contributed by atoms with Crippen LogP contribution in [0.2, 0.25) is 0 Å². The second kappa shape index (κ2) is 12.1. The van der Waals surface area contributed by atoms with Gasteiger partial charge in [-0.15, -0.1) is 0 Å². The molecule has 2 heterocycles. The number of allylic oxidation sites excluding steroid dienone is 3. The molecule has 0 saturated carbocycles. The summed E-state index contributed by atoms with van der Waals surface area (Å²) in [5, 5.41) is 14.1. The van der Waals surface area contributed by atoms with Crippen LogP contribution >= 0.6 is 0 Å². The van der Waals surface area contributed by atoms with Crippen LogP contribution in [0.5, 0.6) is 0 Å². The maximum Gasteiger partial charge on any atom is 0.135 e. The fourth-order valence-electron chi connectivity index (χ4n) is 9.07. The van der Waals surface area contributed by atoms with Gasteiger partial charge >= 0.3 is 0 Å². The van der Waals surface area contributed by atoms with Crippen LogP contribution in [0, 0.1) is 5.92 Å². The molecule has 252 valence electrons. The summed E-state index contributed by atoms with van der Waals surface area (Å²) in [4.78, 5) is 5.52. The lowest BCUT2D eigenvalue weighted by atomic mass is 9.84. The Balaban J connectivity index is 0.944. The number of para-hydroxylation sites is 1. The van der Waals surface area contributed by atoms with Gasteiger partial charge in [-0.05, 0) is 85.3 Å². The summed E-state index contributed by atoms with van der Waals surface area (Å²) in [7, 11) is 0. The second-order valence-corrected chi connectivity index (χ2v) is 14.6. The number of hydrogen-bond acceptors (Lipinski definition) is 3. The van der Waals surface area contributed by atoms with Crippen molar-refractivity contribution in [3.8, 4) is 0 Å². The minimum atomic E-state index is -0.146. The molecule has 8 aromatic rings. The van der Waals surface area contributed by atoms with Gasteiger partial charge in [0.25, 0.3) is 0 Å². The van der Waals surface area contributed by atoms with Crippen molar-refractivity contribution in [1.82, 2.24) is 0 Å². The van der Waals surface area contributed by atoms with Gasteiger partial charge in [-0.2, -0.15) is 0 Å². The number of nitrogens with one attached hydrogen (secondary N) is 1. The predicted octanol–water partition coefficient (Wildman–Crippen LogP) is 11.2. The highest BCUT2D eigenvalue weighted by atomic mass is 16.3. The zero-order valence-corrected chi connectivity index (χ0v) is 29.2. The third-order valence-corrected chi connectivity index (χ3v) is 11.6. The molecule has 3 nitrogen and oxygen atoms in total. The van der Waals surface area contributed by atoms with Crippen molar-refractivity contribution in [2.75, 3.05) is 5.32 Å². The Hall–Kier alpha value is -6.45. The molecule has 3 heteroatoms. The number of rotatable bonds is 4. The normalized spacial score (nSPS) is 19.2. The molecule has 1 aromatic heterocycles. The number of anilines is 1. The van der Waals surface area contributed by atoms with E-state index in [4.69, 9.17) is 9.41 Å². The summed E-state index contributed by atoms with van der Waals surface area (Å²) < 4.78 is 6.32. The molecular weight excluding hydrogens is 645 g/mol. The largest absolute Gasteiger partial charge is 0.456 e. The Morgan fingerprint density at radius 1 is 0.604 bits per heavy atom. The summed E-state index contributed by atoms with van der Waals surface area (Å²) in [6.45, 7) is 0. The molecule has 11 rings (SSSR count). The van der Waals surface area contributed by atoms with Gasteiger partial charge in [0, 0.05) is 33.9 Å². The first-order valence-corrected chi connectivity index (χ1v) is 18.7. The molecule has 3 aliphatic rings. The SMILES string of the molecule is C1=CC(C2=NC(c3ccccc3)c3c(ccc4oc5ccccc5c34)N2)CC(c2cccc(C3C=c4c(c5ccccc5c5ccccc45)=CC3)c2)=C1. The molecule has 0 amide bonds. The van der Waals surface area contributed by atoms with Crippen molar-refractivity contribution in [2.45, 2.75) is 24.8 Å². The maximum atomic E-state index is 6.32. The number of benzene rings is 7. The summed E-state index contributed by atoms with van der Waals surface area (Å²) in [5.74, 6) is 1.43. The van der Waals surface area contributed by atoms with Crippen LogP contribution in [-0.2, 0) is 0 Å². The first-order chi connectivity index (χ1) is 26.3. The maximum absolute atomic E-state index is 6.32. The van der Waals surface area contributed by atoms with E-state index in [1.165, 1.54) is 59.8 Å². The Kier molecular flexibility index (Phi) is 6.88. The fourth-order valence-corrected chi connectivity index (χ4v) is 9.07. The summed E-state index contributed by atoms with van der Waals surface area (Å²) in [5.41, 5.74) is 9.22. The van der Waals surface area contributed by atoms with Crippen molar-refractivity contribution in [3.63, 3.8) is 0 Å². The lowest BCUT2D eigenvalue weighted by Gasteiger charge is -2.30. The highest BCUT2D eigenvalue weighted by Gasteiger charge is 2.31. The zero-order valence-electron chi connectivity index (χ0n) is 29.2. The van der Waals surface area contributed by atoms with Gasteiger partial charge in [0.1, 0.15) is 23.0 Å². The van der Waals surface area contributed by atoms with Gasteiger partial charge in [-0.1, -0.05) is 152 Å². The Morgan fingerprint density at radius 3 is 2.15 bits per heavy atom. The van der Waals surface area contributed by atoms with Gasteiger partial charge in [0.05, 0.1) is 0 Å². The van der Waals surface area contributed by atoms with Crippen LogP contribution in [0.15, 0.2) is 167 Å². The second-order valence-electron chi connectivity index (χ2n) is 14.6. The standard InChI is InChI=1S/C50H36N2O/c1-2-12-31(13-3-1)49-48-44(26-27-46-47(48)42-22-8-9-23-45(42)53-46)51-50(52-49)36-17-11-16-34(29-36)32-14-10-15-33(28-32)35-24-25-41-39-20-5-4-18-37(39)38-19-6-7-21-40(38)43(41)30-35/h1-23,25-28,30,35-36,49H,24,29H2,(H,51,52). The first-order valence-electron chi connectivity index (χ1n) is 18.7. The van der Waals surface area contributed by atoms with E-state index in [0.717, 1.165) is 46.3 Å². The number of aliphatic imine (C=N–C) groups is 1. The highest BCUT2D eigenvalue weighted by Crippen LogP contribution is 2.45. The monoisotopic (exact) mass is 680 g/mol. The van der Waals surface area contributed by atoms with Gasteiger partial charge in [-0.25, -0.2) is 0 Å². The molecule has 0 bridgehead atoms. The van der Waals surface area contributed by atoms with E-state index >= 15 is 0 Å². The topological polar surface area (TPSA) is 37.5 Å². The third kappa shape index (κ3) is 4.92. The van der Waals surface area contributed by atoms with Gasteiger partial charge in [0.2, 0.25) is 0 Å². The quantitative estimate of drug-likeness (QED) is 0.188. The van der Waals surface area contributed by atoms with Crippen molar-refractivity contribution in [2.24, 2.45) is 10.9 Å². The van der Waals surface area contributed by atoms with E-state index in [9.17, 15) is 0 Å². The summed E-state index contributed by atoms with van der Waals surface area (Å²) >= 11 is 0. The average molecular weight is 681 g/mol. The number of furan rings is 1. The van der Waals surface area contributed by atoms with E-state index in [2.05, 4.69) is 163 Å². The average Bonchev–Trinajstić information content (AvgIpc) is 3.63. The minimum absolute atomic E-state index is 0.121. The Labute approximate surface area is 307 Å². The van der Waals surface area contributed by atoms with E-state index in [1.807, 2.05) is 12.1 Å². The van der Waals surface area contributed by atoms with Crippen molar-refractivity contribution < 1.29 is 4.42 Å². The lowest BCUT2D eigenvalue weighted by molar-refractivity contribution is 0.668. The van der Waals surface area contributed by atoms with Gasteiger partial charge < -0.3 is 9.73 Å². The smallest absolute Gasteiger partial charge is 0.135 e. The van der Waals surface area contributed by atoms with Crippen LogP contribution in [0.25, 0.3) is 61.2 Å². The Morgan fingerprint density at radius 2 is 1.32 bits per heavy atom. The van der Waals surface area contributed by atoms with E-state index in [1.54, 1.807) is 0 Å². The highest BCUT2D eigenvalue weighted by molar-refractivity contribution is 6.12. The fraction of sp³-hybridized carbons (Fsp3) is 0.100. The molecule has 7 aromatic carbocycles. The van der Waals surface area contributed by atoms with Gasteiger partial charge in [-0.3, -0.25) is 4.99 Å². The van der Waals surface area contributed by atoms with Crippen LogP contribution in [-0.4, -0.2) is 5.84 Å². The van der Waals surface area contributed by atoms with Crippen LogP contribution in [0.1, 0.15) is 47.1 Å². The predicted molar refractivity (Wildman–Crippen MR) is 222 cm³/mol. The molecule has 3 unspecified atom stereocenters. The molecule has 0 spiro atoms. The number of nitrogens with zero attached hydrogens (tertiary/aromatic N) is 1. The third-order valence-electron chi connectivity index (χ3n) is 11.6. The minimum Gasteiger partial charge on any atom is -0.456 e. The van der Waals surface area contributed by atoms with E-state index in [0.29, 0.717) is 5.92 Å². The van der Waals surface area contributed by atoms with Gasteiger partial charge in [0.15, 0.2) is 0 Å². The van der Waals surface area contributed by atoms with Crippen LogP contribution in [0.4, 0.5) is 5.69 Å². The first kappa shape index (κ1) is 30.2. The molecule has 0 saturated heterocycles. The number of fused-ring (bicyclic) bond motifs is 11. The number of hydrogen-bond donors (Lipinski definition) is 1. The van der Waals surface area contributed by atoms with E-state index < -0.39 is 0 Å². The molecular formula is C50H36N2O. The van der Waals surface area contributed by atoms with Crippen LogP contribution < -0.4 is 15.8 Å². The lowest BCUT2D eigenvalue weighted by Crippen LogP contribution is -2.30. The summed E-state index contributed by atoms with van der Waals surface area (Å²) in [6, 6.07) is 50.1. The molecule has 3 atom stereocenters. The Bertz CT molecular complexity index is 3000. The van der Waals surface area contributed by atoms with Crippen molar-refractivity contribution in [3.05, 3.63) is 190 Å². The van der Waals surface area contributed by atoms with E-state index in [-0.39, 0.29) is 12.0 Å². The van der Waals surface area contributed by atoms with Crippen molar-refractivity contribution >= 4 is 72.7 Å². The molecule has 1 aliphatic heterocycles. The zero-order chi connectivity index (χ0) is 34.9. The van der Waals surface area contributed by atoms with Crippen LogP contribution in [0.3, 0.4) is 0 Å². The molecule has 1 N–H and O–H groups in total. The molecule has 53 heavy (non-hydrogen) atoms.